The van der Waals surface area contributed by atoms with Gasteiger partial charge in [0, 0.05) is 12.1 Å². The number of aliphatic carboxylic acids is 1. The third kappa shape index (κ3) is 5.30. The van der Waals surface area contributed by atoms with Crippen molar-refractivity contribution in [3.63, 3.8) is 0 Å². The molecule has 4 nitrogen and oxygen atoms in total. The summed E-state index contributed by atoms with van der Waals surface area (Å²) in [5.41, 5.74) is 0.863. The van der Waals surface area contributed by atoms with Crippen molar-refractivity contribution >= 4 is 5.97 Å². The molecule has 0 radical (unpaired) electrons. The molecule has 19 heavy (non-hydrogen) atoms. The molecule has 0 unspecified atom stereocenters. The second-order valence-electron chi connectivity index (χ2n) is 5.50. The number of ether oxygens (including phenoxy) is 1. The zero-order chi connectivity index (χ0) is 14.5. The van der Waals surface area contributed by atoms with Crippen LogP contribution in [0.1, 0.15) is 33.3 Å². The van der Waals surface area contributed by atoms with Crippen LogP contribution < -0.4 is 4.74 Å². The number of carboxylic acids is 1. The Kier molecular flexibility index (Phi) is 5.36. The predicted octanol–water partition coefficient (Wildman–Crippen LogP) is 2.77. The van der Waals surface area contributed by atoms with Crippen LogP contribution >= 0.6 is 0 Å². The standard InChI is InChI=1S/C15H23NO3/c1-5-19-13-8-6-7-12(9-13)10-16(11-14(17)18)15(2,3)4/h6-9H,5,10-11H2,1-4H3,(H,17,18). The van der Waals surface area contributed by atoms with Crippen LogP contribution in [0.2, 0.25) is 0 Å². The zero-order valence-corrected chi connectivity index (χ0v) is 12.1. The monoisotopic (exact) mass is 265 g/mol. The van der Waals surface area contributed by atoms with E-state index in [0.717, 1.165) is 11.3 Å². The lowest BCUT2D eigenvalue weighted by Gasteiger charge is -2.34. The van der Waals surface area contributed by atoms with Crippen molar-refractivity contribution in [3.05, 3.63) is 29.8 Å². The highest BCUT2D eigenvalue weighted by Gasteiger charge is 2.23. The topological polar surface area (TPSA) is 49.8 Å². The number of hydrogen-bond acceptors (Lipinski definition) is 3. The molecule has 0 bridgehead atoms. The van der Waals surface area contributed by atoms with E-state index in [-0.39, 0.29) is 12.1 Å². The quantitative estimate of drug-likeness (QED) is 0.859. The SMILES string of the molecule is CCOc1cccc(CN(CC(=O)O)C(C)(C)C)c1. The number of benzene rings is 1. The summed E-state index contributed by atoms with van der Waals surface area (Å²) in [6.45, 7) is 9.24. The van der Waals surface area contributed by atoms with Crippen molar-refractivity contribution in [3.8, 4) is 5.75 Å². The molecule has 0 spiro atoms. The van der Waals surface area contributed by atoms with Crippen molar-refractivity contribution in [1.29, 1.82) is 0 Å². The van der Waals surface area contributed by atoms with E-state index in [0.29, 0.717) is 13.2 Å². The molecule has 1 N–H and O–H groups in total. The summed E-state index contributed by atoms with van der Waals surface area (Å²) in [4.78, 5) is 12.9. The van der Waals surface area contributed by atoms with Gasteiger partial charge in [-0.2, -0.15) is 0 Å². The fourth-order valence-corrected chi connectivity index (χ4v) is 1.81. The molecule has 106 valence electrons. The van der Waals surface area contributed by atoms with Gasteiger partial charge < -0.3 is 9.84 Å². The molecule has 1 aromatic carbocycles. The molecule has 0 fully saturated rings. The van der Waals surface area contributed by atoms with Crippen LogP contribution in [0.3, 0.4) is 0 Å². The Hall–Kier alpha value is -1.55. The maximum absolute atomic E-state index is 10.9. The molecule has 4 heteroatoms. The Morgan fingerprint density at radius 2 is 2.05 bits per heavy atom. The van der Waals surface area contributed by atoms with Gasteiger partial charge in [-0.1, -0.05) is 12.1 Å². The summed E-state index contributed by atoms with van der Waals surface area (Å²) in [6.07, 6.45) is 0. The minimum absolute atomic E-state index is 0.0301. The van der Waals surface area contributed by atoms with Gasteiger partial charge in [-0.3, -0.25) is 9.69 Å². The predicted molar refractivity (Wildman–Crippen MR) is 75.4 cm³/mol. The van der Waals surface area contributed by atoms with Crippen molar-refractivity contribution in [2.75, 3.05) is 13.2 Å². The molecule has 1 rings (SSSR count). The summed E-state index contributed by atoms with van der Waals surface area (Å²) < 4.78 is 5.46. The molecule has 0 atom stereocenters. The molecule has 0 aromatic heterocycles. The number of carboxylic acid groups (broad SMARTS) is 1. The van der Waals surface area contributed by atoms with E-state index >= 15 is 0 Å². The van der Waals surface area contributed by atoms with Crippen LogP contribution in [-0.4, -0.2) is 34.7 Å². The summed E-state index contributed by atoms with van der Waals surface area (Å²) in [7, 11) is 0. The molecule has 0 amide bonds. The highest BCUT2D eigenvalue weighted by Crippen LogP contribution is 2.20. The molecule has 1 aromatic rings. The van der Waals surface area contributed by atoms with E-state index in [1.54, 1.807) is 0 Å². The van der Waals surface area contributed by atoms with Gasteiger partial charge in [-0.05, 0) is 45.4 Å². The van der Waals surface area contributed by atoms with Crippen molar-refractivity contribution in [2.24, 2.45) is 0 Å². The molecule has 0 aliphatic carbocycles. The second-order valence-corrected chi connectivity index (χ2v) is 5.50. The maximum atomic E-state index is 10.9. The highest BCUT2D eigenvalue weighted by atomic mass is 16.5. The number of carbonyl (C=O) groups is 1. The smallest absolute Gasteiger partial charge is 0.317 e. The number of nitrogens with zero attached hydrogens (tertiary/aromatic N) is 1. The van der Waals surface area contributed by atoms with Gasteiger partial charge in [0.15, 0.2) is 0 Å². The van der Waals surface area contributed by atoms with Gasteiger partial charge in [0.05, 0.1) is 13.2 Å². The molecule has 0 heterocycles. The van der Waals surface area contributed by atoms with E-state index in [9.17, 15) is 4.79 Å². The molecule has 0 aliphatic rings. The normalized spacial score (nSPS) is 11.6. The molecular weight excluding hydrogens is 242 g/mol. The van der Waals surface area contributed by atoms with Crippen molar-refractivity contribution < 1.29 is 14.6 Å². The minimum atomic E-state index is -0.809. The van der Waals surface area contributed by atoms with Gasteiger partial charge in [-0.15, -0.1) is 0 Å². The van der Waals surface area contributed by atoms with Crippen LogP contribution in [-0.2, 0) is 11.3 Å². The largest absolute Gasteiger partial charge is 0.494 e. The zero-order valence-electron chi connectivity index (χ0n) is 12.1. The van der Waals surface area contributed by atoms with E-state index in [2.05, 4.69) is 0 Å². The lowest BCUT2D eigenvalue weighted by Crippen LogP contribution is -2.43. The van der Waals surface area contributed by atoms with E-state index in [1.165, 1.54) is 0 Å². The summed E-state index contributed by atoms with van der Waals surface area (Å²) in [5, 5.41) is 9.00. The van der Waals surface area contributed by atoms with E-state index < -0.39 is 5.97 Å². The Morgan fingerprint density at radius 1 is 1.37 bits per heavy atom. The highest BCUT2D eigenvalue weighted by molar-refractivity contribution is 5.69. The first-order valence-electron chi connectivity index (χ1n) is 6.51. The first-order valence-corrected chi connectivity index (χ1v) is 6.51. The second kappa shape index (κ2) is 6.57. The summed E-state index contributed by atoms with van der Waals surface area (Å²) >= 11 is 0. The van der Waals surface area contributed by atoms with E-state index in [1.807, 2.05) is 56.9 Å². The Balaban J connectivity index is 2.83. The number of rotatable bonds is 6. The lowest BCUT2D eigenvalue weighted by atomic mass is 10.0. The number of hydrogen-bond donors (Lipinski definition) is 1. The molecule has 0 saturated carbocycles. The van der Waals surface area contributed by atoms with E-state index in [4.69, 9.17) is 9.84 Å². The fourth-order valence-electron chi connectivity index (χ4n) is 1.81. The first kappa shape index (κ1) is 15.5. The molecular formula is C15H23NO3. The van der Waals surface area contributed by atoms with Gasteiger partial charge in [-0.25, -0.2) is 0 Å². The summed E-state index contributed by atoms with van der Waals surface area (Å²) in [6, 6.07) is 7.79. The van der Waals surface area contributed by atoms with Gasteiger partial charge in [0.1, 0.15) is 5.75 Å². The van der Waals surface area contributed by atoms with Gasteiger partial charge in [0.25, 0.3) is 0 Å². The van der Waals surface area contributed by atoms with Gasteiger partial charge >= 0.3 is 5.97 Å². The third-order valence-corrected chi connectivity index (χ3v) is 2.86. The van der Waals surface area contributed by atoms with Crippen LogP contribution in [0.15, 0.2) is 24.3 Å². The Morgan fingerprint density at radius 3 is 2.58 bits per heavy atom. The van der Waals surface area contributed by atoms with Crippen LogP contribution in [0.25, 0.3) is 0 Å². The van der Waals surface area contributed by atoms with Gasteiger partial charge in [0.2, 0.25) is 0 Å². The molecule has 0 saturated heterocycles. The molecule has 0 aliphatic heterocycles. The van der Waals surface area contributed by atoms with Crippen molar-refractivity contribution in [1.82, 2.24) is 4.90 Å². The first-order chi connectivity index (χ1) is 8.82. The van der Waals surface area contributed by atoms with Crippen LogP contribution in [0.4, 0.5) is 0 Å². The Bertz CT molecular complexity index is 424. The average Bonchev–Trinajstić information content (AvgIpc) is 2.27. The average molecular weight is 265 g/mol. The third-order valence-electron chi connectivity index (χ3n) is 2.86. The minimum Gasteiger partial charge on any atom is -0.494 e. The fraction of sp³-hybridized carbons (Fsp3) is 0.533. The summed E-state index contributed by atoms with van der Waals surface area (Å²) in [5.74, 6) is 0.0140. The van der Waals surface area contributed by atoms with Crippen LogP contribution in [0.5, 0.6) is 5.75 Å². The lowest BCUT2D eigenvalue weighted by molar-refractivity contribution is -0.139. The van der Waals surface area contributed by atoms with Crippen LogP contribution in [0, 0.1) is 0 Å². The maximum Gasteiger partial charge on any atom is 0.317 e. The van der Waals surface area contributed by atoms with Crippen molar-refractivity contribution in [2.45, 2.75) is 39.8 Å². The Labute approximate surface area is 115 Å².